The predicted octanol–water partition coefficient (Wildman–Crippen LogP) is 4.55. The molecule has 2 aliphatic heterocycles. The van der Waals surface area contributed by atoms with Crippen molar-refractivity contribution in [2.75, 3.05) is 20.8 Å². The summed E-state index contributed by atoms with van der Waals surface area (Å²) >= 11 is 0. The van der Waals surface area contributed by atoms with Crippen LogP contribution in [-0.2, 0) is 6.42 Å². The quantitative estimate of drug-likeness (QED) is 0.808. The Balaban J connectivity index is 1.69. The maximum atomic E-state index is 5.56. The molecule has 26 heavy (non-hydrogen) atoms. The molecular formula is C23H27NO2. The molecule has 4 aliphatic rings. The molecule has 0 saturated heterocycles. The zero-order valence-corrected chi connectivity index (χ0v) is 15.9. The highest BCUT2D eigenvalue weighted by atomic mass is 16.5. The lowest BCUT2D eigenvalue weighted by Gasteiger charge is -2.44. The van der Waals surface area contributed by atoms with E-state index in [4.69, 9.17) is 9.47 Å². The first-order valence-corrected chi connectivity index (χ1v) is 9.80. The molecule has 2 aliphatic carbocycles. The van der Waals surface area contributed by atoms with Gasteiger partial charge in [-0.3, -0.25) is 4.90 Å². The molecule has 3 heteroatoms. The number of fused-ring (bicyclic) bond motifs is 1. The summed E-state index contributed by atoms with van der Waals surface area (Å²) in [5, 5.41) is 0. The molecule has 0 unspecified atom stereocenters. The standard InChI is InChI=1S/C23H27NO2/c1-14-23-20-11-17(25-2)7-6-16(20)10-22(24(14)13-15-4-5-15)19-9-8-18(26-3)12-21(19)23/h6-9,11-12,14-15,22-23H,4-5,10,13H2,1-3H3/t14-,22+,23+/m1/s1. The van der Waals surface area contributed by atoms with Crippen LogP contribution in [0.5, 0.6) is 11.5 Å². The fraction of sp³-hybridized carbons (Fsp3) is 0.478. The van der Waals surface area contributed by atoms with Gasteiger partial charge in [-0.15, -0.1) is 0 Å². The van der Waals surface area contributed by atoms with Gasteiger partial charge < -0.3 is 9.47 Å². The molecule has 0 radical (unpaired) electrons. The minimum absolute atomic E-state index is 0.377. The molecule has 3 atom stereocenters. The van der Waals surface area contributed by atoms with Crippen molar-refractivity contribution in [1.29, 1.82) is 0 Å². The van der Waals surface area contributed by atoms with E-state index in [1.165, 1.54) is 41.6 Å². The van der Waals surface area contributed by atoms with E-state index in [-0.39, 0.29) is 0 Å². The normalized spacial score (nSPS) is 26.8. The Labute approximate surface area is 155 Å². The van der Waals surface area contributed by atoms with E-state index < -0.39 is 0 Å². The number of hydrogen-bond donors (Lipinski definition) is 0. The van der Waals surface area contributed by atoms with Crippen LogP contribution in [0.25, 0.3) is 0 Å². The predicted molar refractivity (Wildman–Crippen MR) is 103 cm³/mol. The molecule has 3 nitrogen and oxygen atoms in total. The number of rotatable bonds is 4. The van der Waals surface area contributed by atoms with Gasteiger partial charge >= 0.3 is 0 Å². The Morgan fingerprint density at radius 2 is 1.62 bits per heavy atom. The number of ether oxygens (including phenoxy) is 2. The Morgan fingerprint density at radius 1 is 0.923 bits per heavy atom. The van der Waals surface area contributed by atoms with Crippen LogP contribution in [0, 0.1) is 5.92 Å². The average molecular weight is 349 g/mol. The SMILES string of the molecule is COc1ccc2c(c1)[C@H]1c3cc(OC)ccc3[C@H](C2)N(CC2CC2)[C@@H]1C. The van der Waals surface area contributed by atoms with Gasteiger partial charge in [-0.05, 0) is 78.6 Å². The second-order valence-corrected chi connectivity index (χ2v) is 8.14. The average Bonchev–Trinajstić information content (AvgIpc) is 3.50. The van der Waals surface area contributed by atoms with Crippen molar-refractivity contribution in [2.24, 2.45) is 5.92 Å². The highest BCUT2D eigenvalue weighted by Crippen LogP contribution is 2.51. The maximum absolute atomic E-state index is 5.56. The fourth-order valence-electron chi connectivity index (χ4n) is 5.10. The summed E-state index contributed by atoms with van der Waals surface area (Å²) in [6, 6.07) is 14.3. The van der Waals surface area contributed by atoms with Crippen molar-refractivity contribution in [3.63, 3.8) is 0 Å². The Morgan fingerprint density at radius 3 is 2.31 bits per heavy atom. The topological polar surface area (TPSA) is 21.7 Å². The summed E-state index contributed by atoms with van der Waals surface area (Å²) in [5.74, 6) is 3.19. The third-order valence-electron chi connectivity index (χ3n) is 6.66. The zero-order chi connectivity index (χ0) is 17.8. The van der Waals surface area contributed by atoms with Crippen molar-refractivity contribution >= 4 is 0 Å². The first kappa shape index (κ1) is 16.2. The number of nitrogens with zero attached hydrogens (tertiary/aromatic N) is 1. The van der Waals surface area contributed by atoms with Crippen LogP contribution < -0.4 is 9.47 Å². The molecule has 0 spiro atoms. The number of hydrogen-bond acceptors (Lipinski definition) is 3. The first-order valence-electron chi connectivity index (χ1n) is 9.80. The lowest BCUT2D eigenvalue weighted by Crippen LogP contribution is -2.44. The molecule has 136 valence electrons. The Hall–Kier alpha value is -2.00. The van der Waals surface area contributed by atoms with Gasteiger partial charge in [0, 0.05) is 24.5 Å². The third kappa shape index (κ3) is 2.44. The third-order valence-corrected chi connectivity index (χ3v) is 6.66. The van der Waals surface area contributed by atoms with Gasteiger partial charge in [-0.25, -0.2) is 0 Å². The van der Waals surface area contributed by atoms with Crippen LogP contribution >= 0.6 is 0 Å². The van der Waals surface area contributed by atoms with Gasteiger partial charge in [0.25, 0.3) is 0 Å². The molecule has 0 aromatic heterocycles. The van der Waals surface area contributed by atoms with E-state index in [9.17, 15) is 0 Å². The van der Waals surface area contributed by atoms with Crippen molar-refractivity contribution in [2.45, 2.75) is 44.2 Å². The molecular weight excluding hydrogens is 322 g/mol. The Bertz CT molecular complexity index is 842. The van der Waals surface area contributed by atoms with Crippen LogP contribution in [-0.4, -0.2) is 31.7 Å². The van der Waals surface area contributed by atoms with Crippen LogP contribution in [0.1, 0.15) is 54.0 Å². The second kappa shape index (κ2) is 6.02. The van der Waals surface area contributed by atoms with Gasteiger partial charge in [0.05, 0.1) is 14.2 Å². The first-order chi connectivity index (χ1) is 12.7. The summed E-state index contributed by atoms with van der Waals surface area (Å²) in [7, 11) is 3.52. The Kier molecular flexibility index (Phi) is 3.75. The smallest absolute Gasteiger partial charge is 0.119 e. The van der Waals surface area contributed by atoms with Gasteiger partial charge in [0.1, 0.15) is 11.5 Å². The van der Waals surface area contributed by atoms with Crippen LogP contribution in [0.4, 0.5) is 0 Å². The van der Waals surface area contributed by atoms with Crippen LogP contribution in [0.15, 0.2) is 36.4 Å². The summed E-state index contributed by atoms with van der Waals surface area (Å²) < 4.78 is 11.1. The monoisotopic (exact) mass is 349 g/mol. The van der Waals surface area contributed by atoms with E-state index in [1.807, 2.05) is 0 Å². The van der Waals surface area contributed by atoms with Crippen molar-refractivity contribution in [3.05, 3.63) is 58.7 Å². The van der Waals surface area contributed by atoms with Crippen molar-refractivity contribution in [3.8, 4) is 11.5 Å². The minimum Gasteiger partial charge on any atom is -0.497 e. The lowest BCUT2D eigenvalue weighted by molar-refractivity contribution is 0.115. The molecule has 1 saturated carbocycles. The lowest BCUT2D eigenvalue weighted by atomic mass is 9.79. The molecule has 1 fully saturated rings. The van der Waals surface area contributed by atoms with E-state index in [0.29, 0.717) is 18.0 Å². The molecule has 2 aromatic rings. The van der Waals surface area contributed by atoms with Crippen molar-refractivity contribution < 1.29 is 9.47 Å². The van der Waals surface area contributed by atoms with E-state index in [1.54, 1.807) is 14.2 Å². The summed E-state index contributed by atoms with van der Waals surface area (Å²) in [5.41, 5.74) is 5.85. The largest absolute Gasteiger partial charge is 0.497 e. The summed E-state index contributed by atoms with van der Waals surface area (Å²) in [6.07, 6.45) is 3.89. The number of benzene rings is 2. The highest BCUT2D eigenvalue weighted by molar-refractivity contribution is 5.53. The van der Waals surface area contributed by atoms with E-state index >= 15 is 0 Å². The van der Waals surface area contributed by atoms with E-state index in [0.717, 1.165) is 23.8 Å². The molecule has 0 amide bonds. The maximum Gasteiger partial charge on any atom is 0.119 e. The van der Waals surface area contributed by atoms with Crippen LogP contribution in [0.3, 0.4) is 0 Å². The molecule has 0 N–H and O–H groups in total. The summed E-state index contributed by atoms with van der Waals surface area (Å²) in [6.45, 7) is 3.65. The van der Waals surface area contributed by atoms with Gasteiger partial charge in [0.2, 0.25) is 0 Å². The molecule has 2 heterocycles. The van der Waals surface area contributed by atoms with Gasteiger partial charge in [-0.2, -0.15) is 0 Å². The van der Waals surface area contributed by atoms with Gasteiger partial charge in [0.15, 0.2) is 0 Å². The summed E-state index contributed by atoms with van der Waals surface area (Å²) in [4.78, 5) is 2.78. The molecule has 6 rings (SSSR count). The minimum atomic E-state index is 0.377. The highest BCUT2D eigenvalue weighted by Gasteiger charge is 2.44. The van der Waals surface area contributed by atoms with Crippen LogP contribution in [0.2, 0.25) is 0 Å². The second-order valence-electron chi connectivity index (χ2n) is 8.14. The molecule has 2 bridgehead atoms. The fourth-order valence-corrected chi connectivity index (χ4v) is 5.10. The van der Waals surface area contributed by atoms with E-state index in [2.05, 4.69) is 48.2 Å². The van der Waals surface area contributed by atoms with Crippen molar-refractivity contribution in [1.82, 2.24) is 4.90 Å². The molecule has 2 aromatic carbocycles. The van der Waals surface area contributed by atoms with Gasteiger partial charge in [-0.1, -0.05) is 12.1 Å². The number of methoxy groups -OCH3 is 2. The zero-order valence-electron chi connectivity index (χ0n) is 15.9.